The zero-order valence-corrected chi connectivity index (χ0v) is 13.2. The van der Waals surface area contributed by atoms with E-state index < -0.39 is 6.03 Å². The number of likely N-dealkylation sites (N-methyl/N-ethyl adjacent to an activating group) is 1. The molecule has 0 aromatic rings. The van der Waals surface area contributed by atoms with Gasteiger partial charge in [0.2, 0.25) is 5.91 Å². The minimum absolute atomic E-state index is 0.0260. The lowest BCUT2D eigenvalue weighted by Gasteiger charge is -2.30. The molecule has 2 N–H and O–H groups in total. The van der Waals surface area contributed by atoms with Gasteiger partial charge in [-0.15, -0.1) is 0 Å². The number of imide groups is 1. The van der Waals surface area contributed by atoms with Gasteiger partial charge in [-0.1, -0.05) is 19.3 Å². The Hall–Kier alpha value is -1.10. The summed E-state index contributed by atoms with van der Waals surface area (Å²) in [6.45, 7) is 6.51. The average molecular weight is 283 g/mol. The normalized spacial score (nSPS) is 18.1. The van der Waals surface area contributed by atoms with Gasteiger partial charge < -0.3 is 5.32 Å². The van der Waals surface area contributed by atoms with Crippen LogP contribution in [0.5, 0.6) is 0 Å². The fourth-order valence-electron chi connectivity index (χ4n) is 2.65. The first kappa shape index (κ1) is 17.0. The highest BCUT2D eigenvalue weighted by atomic mass is 16.2. The molecule has 5 heteroatoms. The van der Waals surface area contributed by atoms with Crippen molar-refractivity contribution < 1.29 is 9.59 Å². The van der Waals surface area contributed by atoms with E-state index in [-0.39, 0.29) is 18.0 Å². The SMILES string of the molecule is CC(C)NC(=O)NC(=O)[C@H](C)N(C)CC1CCCCC1. The molecule has 0 bridgehead atoms. The van der Waals surface area contributed by atoms with E-state index in [0.717, 1.165) is 6.54 Å². The number of rotatable bonds is 5. The molecule has 1 aliphatic carbocycles. The third-order valence-corrected chi connectivity index (χ3v) is 3.97. The monoisotopic (exact) mass is 283 g/mol. The number of urea groups is 1. The highest BCUT2D eigenvalue weighted by Gasteiger charge is 2.23. The van der Waals surface area contributed by atoms with E-state index in [1.807, 2.05) is 32.7 Å². The maximum Gasteiger partial charge on any atom is 0.321 e. The molecule has 0 heterocycles. The molecule has 1 saturated carbocycles. The number of carbonyl (C=O) groups is 2. The first-order chi connectivity index (χ1) is 9.40. The van der Waals surface area contributed by atoms with Crippen molar-refractivity contribution in [2.24, 2.45) is 5.92 Å². The van der Waals surface area contributed by atoms with Gasteiger partial charge >= 0.3 is 6.03 Å². The third kappa shape index (κ3) is 5.90. The highest BCUT2D eigenvalue weighted by molar-refractivity contribution is 5.96. The summed E-state index contributed by atoms with van der Waals surface area (Å²) in [4.78, 5) is 25.6. The van der Waals surface area contributed by atoms with Gasteiger partial charge in [0.15, 0.2) is 0 Å². The number of carbonyl (C=O) groups excluding carboxylic acids is 2. The van der Waals surface area contributed by atoms with E-state index in [0.29, 0.717) is 5.92 Å². The molecule has 20 heavy (non-hydrogen) atoms. The number of amides is 3. The van der Waals surface area contributed by atoms with Gasteiger partial charge in [0.1, 0.15) is 0 Å². The predicted molar refractivity (Wildman–Crippen MR) is 80.5 cm³/mol. The highest BCUT2D eigenvalue weighted by Crippen LogP contribution is 2.24. The molecular weight excluding hydrogens is 254 g/mol. The van der Waals surface area contributed by atoms with Gasteiger partial charge in [-0.25, -0.2) is 4.79 Å². The summed E-state index contributed by atoms with van der Waals surface area (Å²) >= 11 is 0. The number of hydrogen-bond acceptors (Lipinski definition) is 3. The summed E-state index contributed by atoms with van der Waals surface area (Å²) in [7, 11) is 1.96. The second-order valence-corrected chi connectivity index (χ2v) is 6.24. The standard InChI is InChI=1S/C15H29N3O2/c1-11(2)16-15(20)17-14(19)12(3)18(4)10-13-8-6-5-7-9-13/h11-13H,5-10H2,1-4H3,(H2,16,17,19,20)/t12-/m0/s1. The minimum Gasteiger partial charge on any atom is -0.336 e. The lowest BCUT2D eigenvalue weighted by Crippen LogP contribution is -2.50. The second-order valence-electron chi connectivity index (χ2n) is 6.24. The molecule has 5 nitrogen and oxygen atoms in total. The van der Waals surface area contributed by atoms with Crippen LogP contribution in [0.4, 0.5) is 4.79 Å². The Bertz CT molecular complexity index is 325. The second kappa shape index (κ2) is 8.25. The van der Waals surface area contributed by atoms with Gasteiger partial charge in [-0.05, 0) is 46.6 Å². The summed E-state index contributed by atoms with van der Waals surface area (Å²) in [5, 5.41) is 5.06. The van der Waals surface area contributed by atoms with Crippen molar-refractivity contribution >= 4 is 11.9 Å². The summed E-state index contributed by atoms with van der Waals surface area (Å²) in [5.41, 5.74) is 0. The zero-order valence-electron chi connectivity index (χ0n) is 13.2. The van der Waals surface area contributed by atoms with Crippen molar-refractivity contribution in [3.63, 3.8) is 0 Å². The Morgan fingerprint density at radius 1 is 1.15 bits per heavy atom. The van der Waals surface area contributed by atoms with Crippen LogP contribution in [0.1, 0.15) is 52.9 Å². The van der Waals surface area contributed by atoms with Crippen LogP contribution in [0, 0.1) is 5.92 Å². The Morgan fingerprint density at radius 3 is 2.30 bits per heavy atom. The molecule has 1 rings (SSSR count). The number of hydrogen-bond donors (Lipinski definition) is 2. The maximum atomic E-state index is 12.0. The fraction of sp³-hybridized carbons (Fsp3) is 0.867. The van der Waals surface area contributed by atoms with Gasteiger partial charge in [-0.3, -0.25) is 15.0 Å². The van der Waals surface area contributed by atoms with Crippen LogP contribution in [0.25, 0.3) is 0 Å². The Morgan fingerprint density at radius 2 is 1.75 bits per heavy atom. The molecule has 0 aromatic heterocycles. The molecule has 0 aliphatic heterocycles. The van der Waals surface area contributed by atoms with Crippen LogP contribution in [0.15, 0.2) is 0 Å². The molecule has 0 aromatic carbocycles. The van der Waals surface area contributed by atoms with Gasteiger partial charge in [0.05, 0.1) is 6.04 Å². The van der Waals surface area contributed by atoms with Crippen molar-refractivity contribution in [1.82, 2.24) is 15.5 Å². The van der Waals surface area contributed by atoms with Crippen LogP contribution in [0.2, 0.25) is 0 Å². The average Bonchev–Trinajstić information content (AvgIpc) is 2.37. The number of nitrogens with zero attached hydrogens (tertiary/aromatic N) is 1. The molecule has 3 amide bonds. The first-order valence-corrected chi connectivity index (χ1v) is 7.71. The first-order valence-electron chi connectivity index (χ1n) is 7.71. The van der Waals surface area contributed by atoms with Crippen molar-refractivity contribution in [3.8, 4) is 0 Å². The van der Waals surface area contributed by atoms with E-state index >= 15 is 0 Å². The quantitative estimate of drug-likeness (QED) is 0.812. The van der Waals surface area contributed by atoms with Crippen LogP contribution >= 0.6 is 0 Å². The van der Waals surface area contributed by atoms with Crippen molar-refractivity contribution in [2.45, 2.75) is 65.0 Å². The van der Waals surface area contributed by atoms with E-state index in [4.69, 9.17) is 0 Å². The lowest BCUT2D eigenvalue weighted by atomic mass is 9.89. The van der Waals surface area contributed by atoms with Gasteiger partial charge in [-0.2, -0.15) is 0 Å². The summed E-state index contributed by atoms with van der Waals surface area (Å²) in [5.74, 6) is 0.454. The zero-order chi connectivity index (χ0) is 15.1. The molecule has 1 aliphatic rings. The molecule has 1 atom stereocenters. The van der Waals surface area contributed by atoms with Crippen molar-refractivity contribution in [2.75, 3.05) is 13.6 Å². The third-order valence-electron chi connectivity index (χ3n) is 3.97. The van der Waals surface area contributed by atoms with Gasteiger partial charge in [0, 0.05) is 12.6 Å². The molecule has 0 unspecified atom stereocenters. The van der Waals surface area contributed by atoms with Crippen LogP contribution in [-0.4, -0.2) is 42.5 Å². The molecule has 1 fully saturated rings. The van der Waals surface area contributed by atoms with Crippen molar-refractivity contribution in [3.05, 3.63) is 0 Å². The molecular formula is C15H29N3O2. The topological polar surface area (TPSA) is 61.4 Å². The summed E-state index contributed by atoms with van der Waals surface area (Å²) in [6.07, 6.45) is 6.45. The van der Waals surface area contributed by atoms with E-state index in [1.165, 1.54) is 32.1 Å². The number of nitrogens with one attached hydrogen (secondary N) is 2. The Kier molecular flexibility index (Phi) is 6.99. The van der Waals surface area contributed by atoms with E-state index in [9.17, 15) is 9.59 Å². The van der Waals surface area contributed by atoms with Crippen LogP contribution < -0.4 is 10.6 Å². The Labute approximate surface area is 122 Å². The lowest BCUT2D eigenvalue weighted by molar-refractivity contribution is -0.124. The molecule has 116 valence electrons. The molecule has 0 radical (unpaired) electrons. The van der Waals surface area contributed by atoms with Gasteiger partial charge in [0.25, 0.3) is 0 Å². The molecule has 0 spiro atoms. The van der Waals surface area contributed by atoms with Crippen molar-refractivity contribution in [1.29, 1.82) is 0 Å². The summed E-state index contributed by atoms with van der Waals surface area (Å²) in [6, 6.07) is -0.671. The van der Waals surface area contributed by atoms with Crippen LogP contribution in [0.3, 0.4) is 0 Å². The Balaban J connectivity index is 2.36. The molecule has 0 saturated heterocycles. The maximum absolute atomic E-state index is 12.0. The smallest absolute Gasteiger partial charge is 0.321 e. The fourth-order valence-corrected chi connectivity index (χ4v) is 2.65. The summed E-state index contributed by atoms with van der Waals surface area (Å²) < 4.78 is 0. The minimum atomic E-state index is -0.414. The predicted octanol–water partition coefficient (Wildman–Crippen LogP) is 2.12. The van der Waals surface area contributed by atoms with E-state index in [2.05, 4.69) is 10.6 Å². The van der Waals surface area contributed by atoms with Crippen LogP contribution in [-0.2, 0) is 4.79 Å². The largest absolute Gasteiger partial charge is 0.336 e. The van der Waals surface area contributed by atoms with E-state index in [1.54, 1.807) is 0 Å².